The van der Waals surface area contributed by atoms with Crippen molar-refractivity contribution < 1.29 is 17.9 Å². The summed E-state index contributed by atoms with van der Waals surface area (Å²) < 4.78 is 31.7. The highest BCUT2D eigenvalue weighted by atomic mass is 32.2. The van der Waals surface area contributed by atoms with Crippen molar-refractivity contribution in [2.45, 2.75) is 38.6 Å². The number of hydrogen-bond acceptors (Lipinski definition) is 4. The average Bonchev–Trinajstić information content (AvgIpc) is 2.60. The van der Waals surface area contributed by atoms with Gasteiger partial charge in [-0.15, -0.1) is 0 Å². The molecular weight excluding hydrogens is 354 g/mol. The van der Waals surface area contributed by atoms with Crippen LogP contribution in [0.2, 0.25) is 0 Å². The Morgan fingerprint density at radius 2 is 1.73 bits per heavy atom. The zero-order chi connectivity index (χ0) is 19.2. The van der Waals surface area contributed by atoms with Crippen LogP contribution in [0, 0.1) is 5.41 Å². The largest absolute Gasteiger partial charge is 0.379 e. The molecule has 1 aliphatic heterocycles. The Hall–Kier alpha value is -1.64. The van der Waals surface area contributed by atoms with Crippen molar-refractivity contribution in [1.29, 1.82) is 0 Å². The van der Waals surface area contributed by atoms with E-state index in [0.717, 1.165) is 12.0 Å². The predicted octanol–water partition coefficient (Wildman–Crippen LogP) is 1.94. The van der Waals surface area contributed by atoms with E-state index in [0.29, 0.717) is 39.4 Å². The first-order chi connectivity index (χ1) is 12.2. The van der Waals surface area contributed by atoms with E-state index in [-0.39, 0.29) is 16.3 Å². The van der Waals surface area contributed by atoms with Gasteiger partial charge in [0, 0.05) is 26.2 Å². The standard InChI is InChI=1S/C18H29N3O4S/c1-18(2,3)8-9-19-17(22)20-14-15-4-6-16(7-5-15)26(23,24)21-10-12-25-13-11-21/h4-7H,8-14H2,1-3H3,(H2,19,20,22). The van der Waals surface area contributed by atoms with Gasteiger partial charge in [0.15, 0.2) is 0 Å². The van der Waals surface area contributed by atoms with E-state index in [1.807, 2.05) is 0 Å². The fraction of sp³-hybridized carbons (Fsp3) is 0.611. The van der Waals surface area contributed by atoms with Gasteiger partial charge >= 0.3 is 6.03 Å². The summed E-state index contributed by atoms with van der Waals surface area (Å²) in [7, 11) is -3.48. The Balaban J connectivity index is 1.84. The molecule has 1 heterocycles. The van der Waals surface area contributed by atoms with Gasteiger partial charge in [-0.05, 0) is 29.5 Å². The number of nitrogens with zero attached hydrogens (tertiary/aromatic N) is 1. The van der Waals surface area contributed by atoms with Gasteiger partial charge in [0.2, 0.25) is 10.0 Å². The number of rotatable bonds is 6. The molecule has 1 aliphatic rings. The van der Waals surface area contributed by atoms with Crippen LogP contribution >= 0.6 is 0 Å². The number of urea groups is 1. The van der Waals surface area contributed by atoms with E-state index in [9.17, 15) is 13.2 Å². The lowest BCUT2D eigenvalue weighted by atomic mass is 9.92. The van der Waals surface area contributed by atoms with Crippen LogP contribution in [0.5, 0.6) is 0 Å². The van der Waals surface area contributed by atoms with Crippen LogP contribution in [0.3, 0.4) is 0 Å². The molecule has 0 aromatic heterocycles. The Morgan fingerprint density at radius 1 is 1.12 bits per heavy atom. The predicted molar refractivity (Wildman–Crippen MR) is 100 cm³/mol. The van der Waals surface area contributed by atoms with Crippen molar-refractivity contribution >= 4 is 16.1 Å². The molecule has 2 rings (SSSR count). The van der Waals surface area contributed by atoms with Crippen molar-refractivity contribution in [2.75, 3.05) is 32.8 Å². The molecule has 0 radical (unpaired) electrons. The summed E-state index contributed by atoms with van der Waals surface area (Å²) in [4.78, 5) is 12.1. The first-order valence-electron chi connectivity index (χ1n) is 8.87. The summed E-state index contributed by atoms with van der Waals surface area (Å²) in [6.45, 7) is 8.93. The molecule has 2 N–H and O–H groups in total. The van der Waals surface area contributed by atoms with Crippen LogP contribution in [0.15, 0.2) is 29.2 Å². The third kappa shape index (κ3) is 6.26. The molecule has 2 amide bonds. The fourth-order valence-corrected chi connectivity index (χ4v) is 3.92. The first-order valence-corrected chi connectivity index (χ1v) is 10.3. The molecule has 1 aromatic rings. The highest BCUT2D eigenvalue weighted by Gasteiger charge is 2.26. The number of carbonyl (C=O) groups is 1. The van der Waals surface area contributed by atoms with Crippen molar-refractivity contribution in [1.82, 2.24) is 14.9 Å². The third-order valence-electron chi connectivity index (χ3n) is 4.14. The number of morpholine rings is 1. The lowest BCUT2D eigenvalue weighted by Gasteiger charge is -2.26. The second-order valence-corrected chi connectivity index (χ2v) is 9.52. The van der Waals surface area contributed by atoms with Crippen molar-refractivity contribution in [2.24, 2.45) is 5.41 Å². The maximum absolute atomic E-state index is 12.6. The van der Waals surface area contributed by atoms with Crippen molar-refractivity contribution in [3.8, 4) is 0 Å². The Bertz CT molecular complexity index is 690. The molecule has 1 saturated heterocycles. The third-order valence-corrected chi connectivity index (χ3v) is 6.06. The lowest BCUT2D eigenvalue weighted by molar-refractivity contribution is 0.0730. The minimum atomic E-state index is -3.48. The number of ether oxygens (including phenoxy) is 1. The van der Waals surface area contributed by atoms with Crippen LogP contribution in [-0.4, -0.2) is 51.6 Å². The molecule has 0 unspecified atom stereocenters. The van der Waals surface area contributed by atoms with Gasteiger partial charge in [-0.1, -0.05) is 32.9 Å². The molecule has 1 aromatic carbocycles. The van der Waals surface area contributed by atoms with Gasteiger partial charge in [-0.25, -0.2) is 13.2 Å². The van der Waals surface area contributed by atoms with E-state index in [1.165, 1.54) is 4.31 Å². The van der Waals surface area contributed by atoms with Gasteiger partial charge < -0.3 is 15.4 Å². The van der Waals surface area contributed by atoms with Crippen LogP contribution in [0.1, 0.15) is 32.8 Å². The molecule has 0 aliphatic carbocycles. The Morgan fingerprint density at radius 3 is 2.31 bits per heavy atom. The van der Waals surface area contributed by atoms with Crippen molar-refractivity contribution in [3.05, 3.63) is 29.8 Å². The smallest absolute Gasteiger partial charge is 0.315 e. The van der Waals surface area contributed by atoms with E-state index >= 15 is 0 Å². The van der Waals surface area contributed by atoms with Crippen LogP contribution in [0.4, 0.5) is 4.79 Å². The number of benzene rings is 1. The van der Waals surface area contributed by atoms with Crippen LogP contribution < -0.4 is 10.6 Å². The molecule has 26 heavy (non-hydrogen) atoms. The zero-order valence-electron chi connectivity index (χ0n) is 15.7. The topological polar surface area (TPSA) is 87.7 Å². The summed E-state index contributed by atoms with van der Waals surface area (Å²) in [6.07, 6.45) is 0.897. The lowest BCUT2D eigenvalue weighted by Crippen LogP contribution is -2.40. The summed E-state index contributed by atoms with van der Waals surface area (Å²) in [5, 5.41) is 5.60. The van der Waals surface area contributed by atoms with E-state index in [1.54, 1.807) is 24.3 Å². The van der Waals surface area contributed by atoms with Gasteiger partial charge in [0.1, 0.15) is 0 Å². The van der Waals surface area contributed by atoms with E-state index in [4.69, 9.17) is 4.74 Å². The summed E-state index contributed by atoms with van der Waals surface area (Å²) in [6, 6.07) is 6.39. The summed E-state index contributed by atoms with van der Waals surface area (Å²) in [5.74, 6) is 0. The monoisotopic (exact) mass is 383 g/mol. The molecule has 146 valence electrons. The molecule has 7 nitrogen and oxygen atoms in total. The quantitative estimate of drug-likeness (QED) is 0.786. The summed E-state index contributed by atoms with van der Waals surface area (Å²) >= 11 is 0. The molecule has 0 spiro atoms. The first kappa shape index (κ1) is 20.7. The molecule has 0 saturated carbocycles. The van der Waals surface area contributed by atoms with E-state index in [2.05, 4.69) is 31.4 Å². The van der Waals surface area contributed by atoms with Crippen molar-refractivity contribution in [3.63, 3.8) is 0 Å². The van der Waals surface area contributed by atoms with Crippen LogP contribution in [0.25, 0.3) is 0 Å². The highest BCUT2D eigenvalue weighted by molar-refractivity contribution is 7.89. The van der Waals surface area contributed by atoms with Gasteiger partial charge in [0.05, 0.1) is 18.1 Å². The Kier molecular flexibility index (Phi) is 7.02. The SMILES string of the molecule is CC(C)(C)CCNC(=O)NCc1ccc(S(=O)(=O)N2CCOCC2)cc1. The second kappa shape index (κ2) is 8.83. The molecular formula is C18H29N3O4S. The zero-order valence-corrected chi connectivity index (χ0v) is 16.6. The van der Waals surface area contributed by atoms with E-state index < -0.39 is 10.0 Å². The molecule has 0 bridgehead atoms. The Labute approximate surface area is 156 Å². The normalized spacial score (nSPS) is 16.3. The van der Waals surface area contributed by atoms with Crippen LogP contribution in [-0.2, 0) is 21.3 Å². The number of hydrogen-bond donors (Lipinski definition) is 2. The molecule has 0 atom stereocenters. The maximum atomic E-state index is 12.6. The van der Waals surface area contributed by atoms with Gasteiger partial charge in [-0.2, -0.15) is 4.31 Å². The van der Waals surface area contributed by atoms with Gasteiger partial charge in [0.25, 0.3) is 0 Å². The second-order valence-electron chi connectivity index (χ2n) is 7.58. The maximum Gasteiger partial charge on any atom is 0.315 e. The molecule has 1 fully saturated rings. The summed E-state index contributed by atoms with van der Waals surface area (Å²) in [5.41, 5.74) is 1.02. The number of amides is 2. The minimum Gasteiger partial charge on any atom is -0.379 e. The fourth-order valence-electron chi connectivity index (χ4n) is 2.51. The molecule has 8 heteroatoms. The van der Waals surface area contributed by atoms with Gasteiger partial charge in [-0.3, -0.25) is 0 Å². The number of sulfonamides is 1. The number of carbonyl (C=O) groups excluding carboxylic acids is 1. The number of nitrogens with one attached hydrogen (secondary N) is 2. The average molecular weight is 384 g/mol. The minimum absolute atomic E-state index is 0.176. The highest BCUT2D eigenvalue weighted by Crippen LogP contribution is 2.18.